The van der Waals surface area contributed by atoms with Gasteiger partial charge in [0.2, 0.25) is 0 Å². The molecule has 4 rings (SSSR count). The number of carbonyl (C=O) groups is 1. The number of Topliss-reactive ketones (excluding diaryl/α,β-unsaturated/α-hetero) is 1. The summed E-state index contributed by atoms with van der Waals surface area (Å²) in [6.45, 7) is 6.80. The maximum atomic E-state index is 12.4. The molecule has 4 aliphatic carbocycles. The van der Waals surface area contributed by atoms with Gasteiger partial charge in [-0.15, -0.1) is 0 Å². The average molecular weight is 302 g/mol. The van der Waals surface area contributed by atoms with E-state index >= 15 is 0 Å². The van der Waals surface area contributed by atoms with Crippen molar-refractivity contribution < 1.29 is 9.90 Å². The third-order valence-electron chi connectivity index (χ3n) is 8.30. The van der Waals surface area contributed by atoms with E-state index in [1.807, 2.05) is 6.92 Å². The fourth-order valence-electron chi connectivity index (χ4n) is 6.74. The number of hydrogen-bond donors (Lipinski definition) is 1. The molecule has 0 aromatic carbocycles. The summed E-state index contributed by atoms with van der Waals surface area (Å²) in [6, 6.07) is 0. The molecular formula is C20H30O2. The van der Waals surface area contributed by atoms with E-state index < -0.39 is 11.0 Å². The van der Waals surface area contributed by atoms with Crippen LogP contribution in [0.1, 0.15) is 65.7 Å². The van der Waals surface area contributed by atoms with Crippen LogP contribution in [0.4, 0.5) is 0 Å². The Bertz CT molecular complexity index is 538. The summed E-state index contributed by atoms with van der Waals surface area (Å²) in [6.07, 6.45) is 11.8. The first-order chi connectivity index (χ1) is 10.3. The second-order valence-electron chi connectivity index (χ2n) is 9.14. The topological polar surface area (TPSA) is 37.3 Å². The Hall–Kier alpha value is -0.630. The molecular weight excluding hydrogens is 272 g/mol. The summed E-state index contributed by atoms with van der Waals surface area (Å²) in [7, 11) is 0. The lowest BCUT2D eigenvalue weighted by molar-refractivity contribution is -0.187. The number of aliphatic hydroxyl groups is 1. The molecule has 2 nitrogen and oxygen atoms in total. The molecule has 4 aliphatic rings. The molecule has 0 aliphatic heterocycles. The molecule has 0 heterocycles. The third-order valence-corrected chi connectivity index (χ3v) is 8.30. The highest BCUT2D eigenvalue weighted by atomic mass is 16.3. The summed E-state index contributed by atoms with van der Waals surface area (Å²) in [5.41, 5.74) is -0.973. The number of fused-ring (bicyclic) bond motifs is 5. The van der Waals surface area contributed by atoms with Crippen molar-refractivity contribution in [1.29, 1.82) is 0 Å². The van der Waals surface area contributed by atoms with Gasteiger partial charge < -0.3 is 5.11 Å². The van der Waals surface area contributed by atoms with Gasteiger partial charge in [0.25, 0.3) is 0 Å². The van der Waals surface area contributed by atoms with E-state index in [-0.39, 0.29) is 5.41 Å². The Labute approximate surface area is 134 Å². The molecule has 5 unspecified atom stereocenters. The van der Waals surface area contributed by atoms with Crippen molar-refractivity contribution in [2.24, 2.45) is 34.5 Å². The summed E-state index contributed by atoms with van der Waals surface area (Å²) in [5.74, 6) is 2.64. The van der Waals surface area contributed by atoms with Gasteiger partial charge in [0.15, 0.2) is 0 Å². The fraction of sp³-hybridized carbons (Fsp3) is 0.850. The fourth-order valence-corrected chi connectivity index (χ4v) is 6.74. The summed E-state index contributed by atoms with van der Waals surface area (Å²) < 4.78 is 0. The first-order valence-electron chi connectivity index (χ1n) is 9.26. The van der Waals surface area contributed by atoms with Crippen LogP contribution in [0.2, 0.25) is 0 Å². The van der Waals surface area contributed by atoms with E-state index in [1.165, 1.54) is 12.8 Å². The number of hydrogen-bond acceptors (Lipinski definition) is 2. The van der Waals surface area contributed by atoms with Gasteiger partial charge in [0, 0.05) is 6.42 Å². The molecule has 3 saturated carbocycles. The summed E-state index contributed by atoms with van der Waals surface area (Å²) >= 11 is 0. The van der Waals surface area contributed by atoms with Crippen molar-refractivity contribution in [2.45, 2.75) is 71.3 Å². The van der Waals surface area contributed by atoms with Crippen molar-refractivity contribution >= 4 is 5.78 Å². The zero-order valence-corrected chi connectivity index (χ0v) is 14.3. The van der Waals surface area contributed by atoms with Crippen LogP contribution in [0.5, 0.6) is 0 Å². The van der Waals surface area contributed by atoms with Crippen LogP contribution in [-0.4, -0.2) is 16.5 Å². The smallest absolute Gasteiger partial charge is 0.141 e. The molecule has 0 amide bonds. The normalized spacial score (nSPS) is 57.2. The van der Waals surface area contributed by atoms with Gasteiger partial charge >= 0.3 is 0 Å². The monoisotopic (exact) mass is 302 g/mol. The summed E-state index contributed by atoms with van der Waals surface area (Å²) in [5, 5.41) is 11.5. The molecule has 0 bridgehead atoms. The molecule has 0 saturated heterocycles. The van der Waals surface area contributed by atoms with Gasteiger partial charge in [-0.05, 0) is 74.5 Å². The number of rotatable bonds is 0. The number of ketones is 1. The first-order valence-corrected chi connectivity index (χ1v) is 9.26. The van der Waals surface area contributed by atoms with Crippen LogP contribution in [0.25, 0.3) is 0 Å². The van der Waals surface area contributed by atoms with Crippen molar-refractivity contribution in [2.75, 3.05) is 0 Å². The standard InChI is InChI=1S/C20H30O2/c1-13-6-9-18(2)14(12-13)4-5-16-15(18)7-10-19(3)17(21)8-11-20(16,19)22/h6,9,13-16,22H,4-5,7-8,10-12H2,1-3H3/t13?,14?,15?,16?,18-,19+,20?/m0/s1. The number of carbonyl (C=O) groups excluding carboxylic acids is 1. The maximum Gasteiger partial charge on any atom is 0.141 e. The Balaban J connectivity index is 1.74. The van der Waals surface area contributed by atoms with E-state index in [1.54, 1.807) is 0 Å². The third kappa shape index (κ3) is 1.63. The van der Waals surface area contributed by atoms with E-state index in [0.29, 0.717) is 36.4 Å². The lowest BCUT2D eigenvalue weighted by atomic mass is 9.45. The maximum absolute atomic E-state index is 12.4. The lowest BCUT2D eigenvalue weighted by Crippen LogP contribution is -2.61. The van der Waals surface area contributed by atoms with Crippen molar-refractivity contribution in [3.8, 4) is 0 Å². The van der Waals surface area contributed by atoms with Crippen LogP contribution >= 0.6 is 0 Å². The van der Waals surface area contributed by atoms with Gasteiger partial charge in [-0.2, -0.15) is 0 Å². The summed E-state index contributed by atoms with van der Waals surface area (Å²) in [4.78, 5) is 12.4. The van der Waals surface area contributed by atoms with Gasteiger partial charge in [-0.25, -0.2) is 0 Å². The predicted octanol–water partition coefficient (Wildman–Crippen LogP) is 4.13. The molecule has 2 heteroatoms. The van der Waals surface area contributed by atoms with Crippen LogP contribution in [0, 0.1) is 34.5 Å². The first kappa shape index (κ1) is 14.9. The molecule has 122 valence electrons. The minimum absolute atomic E-state index is 0.234. The SMILES string of the molecule is CC1C=C[C@@]2(C)C(CCC3C2CC[C@]2(C)C(=O)CCC32O)C1. The molecule has 0 aromatic heterocycles. The van der Waals surface area contributed by atoms with Gasteiger partial charge in [-0.3, -0.25) is 4.79 Å². The molecule has 7 atom stereocenters. The van der Waals surface area contributed by atoms with Crippen LogP contribution < -0.4 is 0 Å². The second-order valence-corrected chi connectivity index (χ2v) is 9.14. The van der Waals surface area contributed by atoms with Crippen LogP contribution in [-0.2, 0) is 4.79 Å². The van der Waals surface area contributed by atoms with Crippen molar-refractivity contribution in [1.82, 2.24) is 0 Å². The lowest BCUT2D eigenvalue weighted by Gasteiger charge is -2.61. The highest BCUT2D eigenvalue weighted by Crippen LogP contribution is 2.66. The van der Waals surface area contributed by atoms with E-state index in [0.717, 1.165) is 25.2 Å². The molecule has 3 fully saturated rings. The quantitative estimate of drug-likeness (QED) is 0.683. The second kappa shape index (κ2) is 4.47. The highest BCUT2D eigenvalue weighted by molar-refractivity contribution is 5.88. The average Bonchev–Trinajstić information content (AvgIpc) is 2.72. The van der Waals surface area contributed by atoms with Crippen molar-refractivity contribution in [3.63, 3.8) is 0 Å². The zero-order chi connectivity index (χ0) is 15.8. The van der Waals surface area contributed by atoms with E-state index in [4.69, 9.17) is 0 Å². The molecule has 0 spiro atoms. The van der Waals surface area contributed by atoms with Crippen LogP contribution in [0.3, 0.4) is 0 Å². The van der Waals surface area contributed by atoms with Gasteiger partial charge in [0.05, 0.1) is 11.0 Å². The number of allylic oxidation sites excluding steroid dienone is 2. The minimum Gasteiger partial charge on any atom is -0.389 e. The Morgan fingerprint density at radius 3 is 2.68 bits per heavy atom. The van der Waals surface area contributed by atoms with Gasteiger partial charge in [0.1, 0.15) is 5.78 Å². The Morgan fingerprint density at radius 2 is 1.91 bits per heavy atom. The molecule has 0 radical (unpaired) electrons. The molecule has 22 heavy (non-hydrogen) atoms. The predicted molar refractivity (Wildman–Crippen MR) is 87.3 cm³/mol. The molecule has 1 N–H and O–H groups in total. The Morgan fingerprint density at radius 1 is 1.14 bits per heavy atom. The van der Waals surface area contributed by atoms with Crippen LogP contribution in [0.15, 0.2) is 12.2 Å². The van der Waals surface area contributed by atoms with E-state index in [9.17, 15) is 9.90 Å². The zero-order valence-electron chi connectivity index (χ0n) is 14.3. The minimum atomic E-state index is -0.738. The van der Waals surface area contributed by atoms with Gasteiger partial charge in [-0.1, -0.05) is 26.0 Å². The van der Waals surface area contributed by atoms with Crippen molar-refractivity contribution in [3.05, 3.63) is 12.2 Å². The highest BCUT2D eigenvalue weighted by Gasteiger charge is 2.66. The molecule has 0 aromatic rings. The Kier molecular flexibility index (Phi) is 3.03. The van der Waals surface area contributed by atoms with E-state index in [2.05, 4.69) is 26.0 Å². The largest absolute Gasteiger partial charge is 0.389 e.